The number of hydrogen-bond acceptors (Lipinski definition) is 3. The first-order valence-electron chi connectivity index (χ1n) is 6.79. The van der Waals surface area contributed by atoms with Crippen LogP contribution in [-0.2, 0) is 4.74 Å². The van der Waals surface area contributed by atoms with Gasteiger partial charge in [0.2, 0.25) is 0 Å². The van der Waals surface area contributed by atoms with Gasteiger partial charge < -0.3 is 9.47 Å². The van der Waals surface area contributed by atoms with Crippen molar-refractivity contribution >= 4 is 11.7 Å². The Morgan fingerprint density at radius 2 is 1.79 bits per heavy atom. The molecule has 1 aromatic carbocycles. The molecule has 19 heavy (non-hydrogen) atoms. The topological polar surface area (TPSA) is 35.5 Å². The van der Waals surface area contributed by atoms with Crippen LogP contribution in [0.25, 0.3) is 5.57 Å². The molecule has 0 atom stereocenters. The standard InChI is InChI=1S/C16H20O3/c1-12(2)13-8-10-15(11-9-13)19-16(17)18-14-6-4-3-5-7-14/h8-11,14H,1,3-7H2,2H3. The molecule has 0 aliphatic heterocycles. The lowest BCUT2D eigenvalue weighted by Gasteiger charge is -2.21. The van der Waals surface area contributed by atoms with E-state index in [-0.39, 0.29) is 6.10 Å². The summed E-state index contributed by atoms with van der Waals surface area (Å²) in [6.07, 6.45) is 4.81. The summed E-state index contributed by atoms with van der Waals surface area (Å²) in [7, 11) is 0. The molecule has 2 rings (SSSR count). The van der Waals surface area contributed by atoms with E-state index in [9.17, 15) is 4.79 Å². The number of allylic oxidation sites excluding steroid dienone is 1. The summed E-state index contributed by atoms with van der Waals surface area (Å²) >= 11 is 0. The molecule has 0 bridgehead atoms. The van der Waals surface area contributed by atoms with Crippen LogP contribution < -0.4 is 4.74 Å². The molecule has 0 amide bonds. The number of benzene rings is 1. The quantitative estimate of drug-likeness (QED) is 0.590. The van der Waals surface area contributed by atoms with Crippen molar-refractivity contribution in [1.29, 1.82) is 0 Å². The van der Waals surface area contributed by atoms with E-state index in [1.54, 1.807) is 12.1 Å². The highest BCUT2D eigenvalue weighted by atomic mass is 16.7. The molecule has 1 aliphatic rings. The molecule has 0 N–H and O–H groups in total. The molecule has 102 valence electrons. The van der Waals surface area contributed by atoms with Crippen molar-refractivity contribution in [2.24, 2.45) is 0 Å². The molecular weight excluding hydrogens is 240 g/mol. The van der Waals surface area contributed by atoms with Crippen molar-refractivity contribution in [3.63, 3.8) is 0 Å². The molecule has 0 radical (unpaired) electrons. The van der Waals surface area contributed by atoms with E-state index < -0.39 is 6.16 Å². The second-order valence-corrected chi connectivity index (χ2v) is 5.03. The minimum Gasteiger partial charge on any atom is -0.431 e. The second kappa shape index (κ2) is 6.41. The first-order valence-corrected chi connectivity index (χ1v) is 6.79. The van der Waals surface area contributed by atoms with Crippen LogP contribution in [0.5, 0.6) is 5.75 Å². The van der Waals surface area contributed by atoms with Crippen molar-refractivity contribution < 1.29 is 14.3 Å². The van der Waals surface area contributed by atoms with Crippen LogP contribution in [0.3, 0.4) is 0 Å². The smallest absolute Gasteiger partial charge is 0.431 e. The first-order chi connectivity index (χ1) is 9.15. The van der Waals surface area contributed by atoms with E-state index in [4.69, 9.17) is 9.47 Å². The monoisotopic (exact) mass is 260 g/mol. The number of carbonyl (C=O) groups excluding carboxylic acids is 1. The van der Waals surface area contributed by atoms with E-state index in [0.29, 0.717) is 5.75 Å². The van der Waals surface area contributed by atoms with E-state index in [1.165, 1.54) is 6.42 Å². The molecule has 3 heteroatoms. The summed E-state index contributed by atoms with van der Waals surface area (Å²) in [5.74, 6) is 0.505. The molecule has 1 saturated carbocycles. The van der Waals surface area contributed by atoms with Gasteiger partial charge in [-0.3, -0.25) is 0 Å². The molecular formula is C16H20O3. The van der Waals surface area contributed by atoms with Crippen molar-refractivity contribution in [3.05, 3.63) is 36.4 Å². The molecule has 0 spiro atoms. The zero-order valence-electron chi connectivity index (χ0n) is 11.4. The van der Waals surface area contributed by atoms with Gasteiger partial charge in [-0.05, 0) is 50.3 Å². The Bertz CT molecular complexity index is 442. The normalized spacial score (nSPS) is 15.8. The van der Waals surface area contributed by atoms with Crippen molar-refractivity contribution in [2.45, 2.75) is 45.1 Å². The van der Waals surface area contributed by atoms with Crippen LogP contribution in [0, 0.1) is 0 Å². The first kappa shape index (κ1) is 13.7. The summed E-state index contributed by atoms with van der Waals surface area (Å²) < 4.78 is 10.5. The minimum absolute atomic E-state index is 0.0240. The van der Waals surface area contributed by atoms with Crippen molar-refractivity contribution in [2.75, 3.05) is 0 Å². The number of carbonyl (C=O) groups is 1. The lowest BCUT2D eigenvalue weighted by Crippen LogP contribution is -2.23. The van der Waals surface area contributed by atoms with Gasteiger partial charge >= 0.3 is 6.16 Å². The molecule has 1 aromatic rings. The Labute approximate surface area is 114 Å². The summed E-state index contributed by atoms with van der Waals surface area (Å²) in [6, 6.07) is 7.27. The number of ether oxygens (including phenoxy) is 2. The maximum atomic E-state index is 11.6. The fourth-order valence-corrected chi connectivity index (χ4v) is 2.25. The highest BCUT2D eigenvalue weighted by Gasteiger charge is 2.18. The second-order valence-electron chi connectivity index (χ2n) is 5.03. The molecule has 0 unspecified atom stereocenters. The average molecular weight is 260 g/mol. The van der Waals surface area contributed by atoms with Crippen LogP contribution >= 0.6 is 0 Å². The predicted molar refractivity (Wildman–Crippen MR) is 75.1 cm³/mol. The van der Waals surface area contributed by atoms with Gasteiger partial charge in [0, 0.05) is 0 Å². The van der Waals surface area contributed by atoms with Gasteiger partial charge in [-0.15, -0.1) is 0 Å². The molecule has 0 aromatic heterocycles. The van der Waals surface area contributed by atoms with Crippen molar-refractivity contribution in [1.82, 2.24) is 0 Å². The Kier molecular flexibility index (Phi) is 4.61. The molecule has 3 nitrogen and oxygen atoms in total. The van der Waals surface area contributed by atoms with Gasteiger partial charge in [0.15, 0.2) is 0 Å². The molecule has 0 saturated heterocycles. The zero-order chi connectivity index (χ0) is 13.7. The maximum absolute atomic E-state index is 11.6. The number of hydrogen-bond donors (Lipinski definition) is 0. The Hall–Kier alpha value is -1.77. The summed E-state index contributed by atoms with van der Waals surface area (Å²) in [6.45, 7) is 5.80. The van der Waals surface area contributed by atoms with Gasteiger partial charge in [-0.25, -0.2) is 4.79 Å². The van der Waals surface area contributed by atoms with Crippen LogP contribution in [0.4, 0.5) is 4.79 Å². The fourth-order valence-electron chi connectivity index (χ4n) is 2.25. The third-order valence-electron chi connectivity index (χ3n) is 3.36. The van der Waals surface area contributed by atoms with Crippen LogP contribution in [0.2, 0.25) is 0 Å². The average Bonchev–Trinajstić information content (AvgIpc) is 2.40. The third-order valence-corrected chi connectivity index (χ3v) is 3.36. The highest BCUT2D eigenvalue weighted by Crippen LogP contribution is 2.22. The Morgan fingerprint density at radius 3 is 2.37 bits per heavy atom. The van der Waals surface area contributed by atoms with Gasteiger partial charge in [-0.1, -0.05) is 30.7 Å². The summed E-state index contributed by atoms with van der Waals surface area (Å²) in [5, 5.41) is 0. The van der Waals surface area contributed by atoms with Crippen molar-refractivity contribution in [3.8, 4) is 5.75 Å². The van der Waals surface area contributed by atoms with Gasteiger partial charge in [0.25, 0.3) is 0 Å². The number of rotatable bonds is 3. The van der Waals surface area contributed by atoms with E-state index >= 15 is 0 Å². The lowest BCUT2D eigenvalue weighted by atomic mass is 9.98. The SMILES string of the molecule is C=C(C)c1ccc(OC(=O)OC2CCCCC2)cc1. The fraction of sp³-hybridized carbons (Fsp3) is 0.438. The van der Waals surface area contributed by atoms with E-state index in [2.05, 4.69) is 6.58 Å². The third kappa shape index (κ3) is 4.12. The van der Waals surface area contributed by atoms with Gasteiger partial charge in [0.05, 0.1) is 0 Å². The molecule has 0 heterocycles. The van der Waals surface area contributed by atoms with E-state index in [0.717, 1.165) is 36.8 Å². The van der Waals surface area contributed by atoms with Gasteiger partial charge in [0.1, 0.15) is 11.9 Å². The maximum Gasteiger partial charge on any atom is 0.514 e. The summed E-state index contributed by atoms with van der Waals surface area (Å²) in [5.41, 5.74) is 2.02. The van der Waals surface area contributed by atoms with Crippen LogP contribution in [0.1, 0.15) is 44.6 Å². The largest absolute Gasteiger partial charge is 0.514 e. The lowest BCUT2D eigenvalue weighted by molar-refractivity contribution is 0.0417. The van der Waals surface area contributed by atoms with Gasteiger partial charge in [-0.2, -0.15) is 0 Å². The van der Waals surface area contributed by atoms with Crippen LogP contribution in [-0.4, -0.2) is 12.3 Å². The molecule has 1 aliphatic carbocycles. The Morgan fingerprint density at radius 1 is 1.16 bits per heavy atom. The van der Waals surface area contributed by atoms with Crippen LogP contribution in [0.15, 0.2) is 30.8 Å². The Balaban J connectivity index is 1.85. The highest BCUT2D eigenvalue weighted by molar-refractivity contribution is 5.65. The molecule has 1 fully saturated rings. The zero-order valence-corrected chi connectivity index (χ0v) is 11.4. The predicted octanol–water partition coefficient (Wildman–Crippen LogP) is 4.57. The minimum atomic E-state index is -0.602. The van der Waals surface area contributed by atoms with E-state index in [1.807, 2.05) is 19.1 Å². The summed E-state index contributed by atoms with van der Waals surface area (Å²) in [4.78, 5) is 11.6.